The average Bonchev–Trinajstić information content (AvgIpc) is 3.28. The van der Waals surface area contributed by atoms with Gasteiger partial charge in [-0.15, -0.1) is 0 Å². The minimum absolute atomic E-state index is 0.0157. The van der Waals surface area contributed by atoms with Crippen molar-refractivity contribution >= 4 is 29.1 Å². The first kappa shape index (κ1) is 16.3. The molecule has 23 heavy (non-hydrogen) atoms. The zero-order chi connectivity index (χ0) is 16.6. The molecule has 1 aliphatic carbocycles. The predicted octanol–water partition coefficient (Wildman–Crippen LogP) is 2.31. The second-order valence-corrected chi connectivity index (χ2v) is 6.84. The van der Waals surface area contributed by atoms with E-state index in [0.29, 0.717) is 41.7 Å². The van der Waals surface area contributed by atoms with E-state index >= 15 is 0 Å². The van der Waals surface area contributed by atoms with Crippen LogP contribution in [0.3, 0.4) is 0 Å². The van der Waals surface area contributed by atoms with Crippen molar-refractivity contribution in [2.24, 2.45) is 5.92 Å². The molecule has 1 aliphatic heterocycles. The lowest BCUT2D eigenvalue weighted by Crippen LogP contribution is -2.36. The molecule has 6 heteroatoms. The van der Waals surface area contributed by atoms with Crippen LogP contribution < -0.4 is 4.90 Å². The Morgan fingerprint density at radius 3 is 2.83 bits per heavy atom. The lowest BCUT2D eigenvalue weighted by Gasteiger charge is -2.24. The van der Waals surface area contributed by atoms with E-state index in [1.54, 1.807) is 30.1 Å². The number of likely N-dealkylation sites (N-methyl/N-ethyl adjacent to an activating group) is 1. The van der Waals surface area contributed by atoms with Gasteiger partial charge in [-0.25, -0.2) is 0 Å². The lowest BCUT2D eigenvalue weighted by molar-refractivity contribution is -0.117. The first-order valence-corrected chi connectivity index (χ1v) is 8.38. The smallest absolute Gasteiger partial charge is 0.255 e. The first-order chi connectivity index (χ1) is 11.0. The SMILES string of the molecule is CN(CC(O)C1CC1)C(=O)c1ccc(Cl)cc1N1CCCC1=O. The third-order valence-electron chi connectivity index (χ3n) is 4.53. The van der Waals surface area contributed by atoms with Crippen LogP contribution in [0.15, 0.2) is 18.2 Å². The van der Waals surface area contributed by atoms with Crippen LogP contribution in [-0.2, 0) is 4.79 Å². The number of halogens is 1. The number of hydrogen-bond acceptors (Lipinski definition) is 3. The van der Waals surface area contributed by atoms with Crippen molar-refractivity contribution in [3.63, 3.8) is 0 Å². The number of benzene rings is 1. The quantitative estimate of drug-likeness (QED) is 0.897. The maximum atomic E-state index is 12.8. The summed E-state index contributed by atoms with van der Waals surface area (Å²) in [6.07, 6.45) is 2.86. The summed E-state index contributed by atoms with van der Waals surface area (Å²) in [7, 11) is 1.68. The highest BCUT2D eigenvalue weighted by molar-refractivity contribution is 6.31. The molecule has 2 fully saturated rings. The third kappa shape index (κ3) is 3.51. The van der Waals surface area contributed by atoms with E-state index in [4.69, 9.17) is 11.6 Å². The van der Waals surface area contributed by atoms with Gasteiger partial charge in [-0.3, -0.25) is 9.59 Å². The zero-order valence-corrected chi connectivity index (χ0v) is 13.9. The molecule has 1 saturated heterocycles. The van der Waals surface area contributed by atoms with Crippen molar-refractivity contribution in [2.75, 3.05) is 25.0 Å². The van der Waals surface area contributed by atoms with Crippen LogP contribution in [0.5, 0.6) is 0 Å². The van der Waals surface area contributed by atoms with Crippen molar-refractivity contribution in [1.29, 1.82) is 0 Å². The van der Waals surface area contributed by atoms with Crippen LogP contribution in [0.25, 0.3) is 0 Å². The highest BCUT2D eigenvalue weighted by atomic mass is 35.5. The molecule has 124 valence electrons. The second kappa shape index (κ2) is 6.49. The molecule has 5 nitrogen and oxygen atoms in total. The molecule has 3 rings (SSSR count). The molecule has 1 saturated carbocycles. The van der Waals surface area contributed by atoms with Crippen molar-refractivity contribution in [3.8, 4) is 0 Å². The van der Waals surface area contributed by atoms with Gasteiger partial charge in [0.05, 0.1) is 17.4 Å². The van der Waals surface area contributed by atoms with Crippen LogP contribution in [0, 0.1) is 5.92 Å². The van der Waals surface area contributed by atoms with Crippen LogP contribution in [0.4, 0.5) is 5.69 Å². The van der Waals surface area contributed by atoms with E-state index < -0.39 is 6.10 Å². The minimum atomic E-state index is -0.479. The number of hydrogen-bond donors (Lipinski definition) is 1. The fraction of sp³-hybridized carbons (Fsp3) is 0.529. The second-order valence-electron chi connectivity index (χ2n) is 6.40. The van der Waals surface area contributed by atoms with Crippen molar-refractivity contribution in [1.82, 2.24) is 4.90 Å². The lowest BCUT2D eigenvalue weighted by atomic mass is 10.1. The molecule has 0 aromatic heterocycles. The summed E-state index contributed by atoms with van der Waals surface area (Å²) in [4.78, 5) is 27.9. The van der Waals surface area contributed by atoms with Gasteiger partial charge in [0, 0.05) is 31.6 Å². The molecule has 1 heterocycles. The first-order valence-electron chi connectivity index (χ1n) is 8.01. The molecule has 1 N–H and O–H groups in total. The maximum absolute atomic E-state index is 12.8. The summed E-state index contributed by atoms with van der Waals surface area (Å²) in [5, 5.41) is 10.5. The molecular formula is C17H21ClN2O3. The summed E-state index contributed by atoms with van der Waals surface area (Å²) in [6, 6.07) is 4.98. The highest BCUT2D eigenvalue weighted by Crippen LogP contribution is 2.33. The molecule has 1 aromatic carbocycles. The Hall–Kier alpha value is -1.59. The largest absolute Gasteiger partial charge is 0.391 e. The van der Waals surface area contributed by atoms with E-state index in [-0.39, 0.29) is 11.8 Å². The Kier molecular flexibility index (Phi) is 4.60. The van der Waals surface area contributed by atoms with Gasteiger partial charge in [-0.05, 0) is 43.4 Å². The monoisotopic (exact) mass is 336 g/mol. The molecular weight excluding hydrogens is 316 g/mol. The van der Waals surface area contributed by atoms with Gasteiger partial charge in [0.1, 0.15) is 0 Å². The fourth-order valence-corrected chi connectivity index (χ4v) is 3.18. The van der Waals surface area contributed by atoms with Crippen molar-refractivity contribution < 1.29 is 14.7 Å². The molecule has 2 aliphatic rings. The molecule has 1 aromatic rings. The summed E-state index contributed by atoms with van der Waals surface area (Å²) in [5.41, 5.74) is 1.02. The Morgan fingerprint density at radius 1 is 1.48 bits per heavy atom. The van der Waals surface area contributed by atoms with Crippen LogP contribution in [0.2, 0.25) is 5.02 Å². The molecule has 0 spiro atoms. The number of carbonyl (C=O) groups is 2. The Balaban J connectivity index is 1.83. The third-order valence-corrected chi connectivity index (χ3v) is 4.76. The van der Waals surface area contributed by atoms with E-state index in [1.807, 2.05) is 0 Å². The summed E-state index contributed by atoms with van der Waals surface area (Å²) in [5.74, 6) is 0.133. The number of aliphatic hydroxyl groups excluding tert-OH is 1. The van der Waals surface area contributed by atoms with Gasteiger partial charge in [0.25, 0.3) is 5.91 Å². The number of aliphatic hydroxyl groups is 1. The zero-order valence-electron chi connectivity index (χ0n) is 13.2. The Labute approximate surface area is 140 Å². The van der Waals surface area contributed by atoms with Gasteiger partial charge in [0.15, 0.2) is 0 Å². The van der Waals surface area contributed by atoms with E-state index in [2.05, 4.69) is 0 Å². The van der Waals surface area contributed by atoms with Crippen LogP contribution >= 0.6 is 11.6 Å². The summed E-state index contributed by atoms with van der Waals surface area (Å²) < 4.78 is 0. The van der Waals surface area contributed by atoms with E-state index in [1.165, 1.54) is 4.90 Å². The number of nitrogens with zero attached hydrogens (tertiary/aromatic N) is 2. The standard InChI is InChI=1S/C17H21ClN2O3/c1-19(10-15(21)11-4-5-11)17(23)13-7-6-12(18)9-14(13)20-8-2-3-16(20)22/h6-7,9,11,15,21H,2-5,8,10H2,1H3. The van der Waals surface area contributed by atoms with Gasteiger partial charge < -0.3 is 14.9 Å². The molecule has 0 radical (unpaired) electrons. The van der Waals surface area contributed by atoms with Gasteiger partial charge in [-0.1, -0.05) is 11.6 Å². The number of carbonyl (C=O) groups excluding carboxylic acids is 2. The number of amides is 2. The van der Waals surface area contributed by atoms with Crippen LogP contribution in [-0.4, -0.2) is 48.1 Å². The van der Waals surface area contributed by atoms with Gasteiger partial charge in [0.2, 0.25) is 5.91 Å². The van der Waals surface area contributed by atoms with E-state index in [9.17, 15) is 14.7 Å². The Bertz CT molecular complexity index is 630. The van der Waals surface area contributed by atoms with Gasteiger partial charge >= 0.3 is 0 Å². The Morgan fingerprint density at radius 2 is 2.22 bits per heavy atom. The number of rotatable bonds is 5. The van der Waals surface area contributed by atoms with E-state index in [0.717, 1.165) is 19.3 Å². The highest BCUT2D eigenvalue weighted by Gasteiger charge is 2.32. The maximum Gasteiger partial charge on any atom is 0.255 e. The fourth-order valence-electron chi connectivity index (χ4n) is 3.01. The van der Waals surface area contributed by atoms with Crippen molar-refractivity contribution in [3.05, 3.63) is 28.8 Å². The average molecular weight is 337 g/mol. The predicted molar refractivity (Wildman–Crippen MR) is 88.7 cm³/mol. The summed E-state index contributed by atoms with van der Waals surface area (Å²) >= 11 is 6.06. The number of anilines is 1. The molecule has 1 atom stereocenters. The summed E-state index contributed by atoms with van der Waals surface area (Å²) in [6.45, 7) is 0.910. The van der Waals surface area contributed by atoms with Crippen LogP contribution in [0.1, 0.15) is 36.0 Å². The normalized spacial score (nSPS) is 19.1. The minimum Gasteiger partial charge on any atom is -0.391 e. The van der Waals surface area contributed by atoms with Crippen molar-refractivity contribution in [2.45, 2.75) is 31.8 Å². The van der Waals surface area contributed by atoms with Gasteiger partial charge in [-0.2, -0.15) is 0 Å². The molecule has 1 unspecified atom stereocenters. The molecule has 0 bridgehead atoms. The topological polar surface area (TPSA) is 60.9 Å². The molecule has 2 amide bonds.